The van der Waals surface area contributed by atoms with Crippen LogP contribution in [0.5, 0.6) is 5.75 Å². The third kappa shape index (κ3) is 5.94. The predicted octanol–water partition coefficient (Wildman–Crippen LogP) is 6.32. The van der Waals surface area contributed by atoms with Crippen LogP contribution in [0.25, 0.3) is 0 Å². The fraction of sp³-hybridized carbons (Fsp3) is 0.0909. The number of aryl methyl sites for hydroxylation is 1. The summed E-state index contributed by atoms with van der Waals surface area (Å²) in [7, 11) is 0. The molecule has 0 atom stereocenters. The lowest BCUT2D eigenvalue weighted by Crippen LogP contribution is -2.33. The number of rotatable bonds is 8. The van der Waals surface area contributed by atoms with E-state index in [2.05, 4.69) is 5.32 Å². The van der Waals surface area contributed by atoms with Crippen LogP contribution in [0, 0.1) is 13.8 Å². The maximum Gasteiger partial charge on any atom is 0.343 e. The molecule has 0 aromatic heterocycles. The molecule has 0 fully saturated rings. The Kier molecular flexibility index (Phi) is 8.17. The summed E-state index contributed by atoms with van der Waals surface area (Å²) < 4.78 is 10.7. The standard InChI is InChI=1S/C33H25ClN2O6/c1-20-7-6-10-27(21(20)2)36-30(37)28(34)29(31(36)38)35-25-15-11-24(12-16-25)33(40)42-26-17-13-23(14-18-26)32(39)41-19-22-8-4-3-5-9-22/h3-18,35H,19H2,1-2H3. The topological polar surface area (TPSA) is 102 Å². The lowest BCUT2D eigenvalue weighted by Gasteiger charge is -2.18. The quantitative estimate of drug-likeness (QED) is 0.148. The van der Waals surface area contributed by atoms with E-state index in [1.807, 2.05) is 50.2 Å². The number of amides is 2. The number of imide groups is 1. The van der Waals surface area contributed by atoms with Gasteiger partial charge < -0.3 is 14.8 Å². The molecule has 42 heavy (non-hydrogen) atoms. The van der Waals surface area contributed by atoms with E-state index in [9.17, 15) is 19.2 Å². The van der Waals surface area contributed by atoms with Crippen LogP contribution in [-0.2, 0) is 20.9 Å². The zero-order chi connectivity index (χ0) is 29.8. The van der Waals surface area contributed by atoms with Gasteiger partial charge in [-0.1, -0.05) is 54.1 Å². The van der Waals surface area contributed by atoms with E-state index in [0.717, 1.165) is 21.6 Å². The highest BCUT2D eigenvalue weighted by Crippen LogP contribution is 2.33. The Morgan fingerprint density at radius 1 is 0.762 bits per heavy atom. The largest absolute Gasteiger partial charge is 0.457 e. The van der Waals surface area contributed by atoms with Gasteiger partial charge in [0.05, 0.1) is 16.8 Å². The molecule has 1 heterocycles. The number of hydrogen-bond acceptors (Lipinski definition) is 7. The third-order valence-electron chi connectivity index (χ3n) is 6.75. The van der Waals surface area contributed by atoms with Gasteiger partial charge in [0.2, 0.25) is 0 Å². The molecule has 0 radical (unpaired) electrons. The third-order valence-corrected chi connectivity index (χ3v) is 7.10. The van der Waals surface area contributed by atoms with Crippen LogP contribution >= 0.6 is 11.6 Å². The lowest BCUT2D eigenvalue weighted by atomic mass is 10.1. The van der Waals surface area contributed by atoms with E-state index in [0.29, 0.717) is 16.9 Å². The van der Waals surface area contributed by atoms with Crippen molar-refractivity contribution in [3.8, 4) is 5.75 Å². The molecule has 5 rings (SSSR count). The second-order valence-electron chi connectivity index (χ2n) is 9.53. The smallest absolute Gasteiger partial charge is 0.343 e. The first-order valence-electron chi connectivity index (χ1n) is 13.0. The Morgan fingerprint density at radius 3 is 2.10 bits per heavy atom. The number of halogens is 1. The number of carbonyl (C=O) groups is 4. The van der Waals surface area contributed by atoms with Crippen molar-refractivity contribution >= 4 is 46.7 Å². The van der Waals surface area contributed by atoms with Gasteiger partial charge in [0.15, 0.2) is 0 Å². The molecule has 9 heteroatoms. The second-order valence-corrected chi connectivity index (χ2v) is 9.91. The number of esters is 2. The van der Waals surface area contributed by atoms with Crippen LogP contribution in [0.1, 0.15) is 37.4 Å². The van der Waals surface area contributed by atoms with Crippen molar-refractivity contribution in [2.24, 2.45) is 0 Å². The fourth-order valence-corrected chi connectivity index (χ4v) is 4.49. The molecular weight excluding hydrogens is 556 g/mol. The Bertz CT molecular complexity index is 1710. The predicted molar refractivity (Wildman–Crippen MR) is 158 cm³/mol. The molecule has 4 aromatic rings. The molecule has 0 aliphatic carbocycles. The van der Waals surface area contributed by atoms with Gasteiger partial charge in [-0.2, -0.15) is 0 Å². The molecule has 1 N–H and O–H groups in total. The molecule has 8 nitrogen and oxygen atoms in total. The van der Waals surface area contributed by atoms with Crippen LogP contribution < -0.4 is 15.0 Å². The van der Waals surface area contributed by atoms with E-state index in [-0.39, 0.29) is 28.6 Å². The maximum absolute atomic E-state index is 13.1. The van der Waals surface area contributed by atoms with Crippen molar-refractivity contribution in [1.29, 1.82) is 0 Å². The average molecular weight is 581 g/mol. The average Bonchev–Trinajstić information content (AvgIpc) is 3.21. The highest BCUT2D eigenvalue weighted by molar-refractivity contribution is 6.53. The van der Waals surface area contributed by atoms with Gasteiger partial charge in [-0.05, 0) is 85.1 Å². The molecule has 1 aliphatic heterocycles. The Labute approximate surface area is 247 Å². The van der Waals surface area contributed by atoms with Gasteiger partial charge in [-0.15, -0.1) is 0 Å². The molecule has 2 amide bonds. The van der Waals surface area contributed by atoms with E-state index in [1.54, 1.807) is 24.3 Å². The Balaban J connectivity index is 1.19. The monoisotopic (exact) mass is 580 g/mol. The molecule has 0 saturated heterocycles. The molecule has 1 aliphatic rings. The van der Waals surface area contributed by atoms with Gasteiger partial charge in [0.1, 0.15) is 23.1 Å². The number of ether oxygens (including phenoxy) is 2. The van der Waals surface area contributed by atoms with Crippen LogP contribution in [0.3, 0.4) is 0 Å². The number of anilines is 2. The van der Waals surface area contributed by atoms with Crippen molar-refractivity contribution in [2.45, 2.75) is 20.5 Å². The van der Waals surface area contributed by atoms with Gasteiger partial charge in [-0.25, -0.2) is 14.5 Å². The Hall–Kier alpha value is -5.21. The number of hydrogen-bond donors (Lipinski definition) is 1. The summed E-state index contributed by atoms with van der Waals surface area (Å²) in [6.07, 6.45) is 0. The minimum absolute atomic E-state index is 0.0553. The summed E-state index contributed by atoms with van der Waals surface area (Å²) >= 11 is 6.26. The van der Waals surface area contributed by atoms with Gasteiger partial charge in [0, 0.05) is 5.69 Å². The molecule has 0 spiro atoms. The van der Waals surface area contributed by atoms with Crippen molar-refractivity contribution in [2.75, 3.05) is 10.2 Å². The molecular formula is C33H25ClN2O6. The minimum atomic E-state index is -0.619. The normalized spacial score (nSPS) is 12.9. The number of carbonyl (C=O) groups excluding carboxylic acids is 4. The molecule has 0 bridgehead atoms. The number of nitrogens with one attached hydrogen (secondary N) is 1. The number of nitrogens with zero attached hydrogens (tertiary/aromatic N) is 1. The molecule has 0 unspecified atom stereocenters. The highest BCUT2D eigenvalue weighted by Gasteiger charge is 2.39. The van der Waals surface area contributed by atoms with Crippen molar-refractivity contribution in [3.63, 3.8) is 0 Å². The highest BCUT2D eigenvalue weighted by atomic mass is 35.5. The van der Waals surface area contributed by atoms with Crippen molar-refractivity contribution in [3.05, 3.63) is 136 Å². The zero-order valence-electron chi connectivity index (χ0n) is 22.7. The summed E-state index contributed by atoms with van der Waals surface area (Å²) in [5.74, 6) is -2.05. The first-order chi connectivity index (χ1) is 20.2. The van der Waals surface area contributed by atoms with Crippen LogP contribution in [0.4, 0.5) is 11.4 Å². The SMILES string of the molecule is Cc1cccc(N2C(=O)C(Cl)=C(Nc3ccc(C(=O)Oc4ccc(C(=O)OCc5ccccc5)cc4)cc3)C2=O)c1C. The summed E-state index contributed by atoms with van der Waals surface area (Å²) in [6, 6.07) is 26.9. The first-order valence-corrected chi connectivity index (χ1v) is 13.4. The van der Waals surface area contributed by atoms with Crippen LogP contribution in [-0.4, -0.2) is 23.8 Å². The van der Waals surface area contributed by atoms with Crippen LogP contribution in [0.15, 0.2) is 108 Å². The van der Waals surface area contributed by atoms with Gasteiger partial charge in [0.25, 0.3) is 11.8 Å². The molecule has 4 aromatic carbocycles. The second kappa shape index (κ2) is 12.1. The van der Waals surface area contributed by atoms with Gasteiger partial charge in [-0.3, -0.25) is 9.59 Å². The molecule has 0 saturated carbocycles. The summed E-state index contributed by atoms with van der Waals surface area (Å²) in [4.78, 5) is 52.0. The van der Waals surface area contributed by atoms with E-state index >= 15 is 0 Å². The van der Waals surface area contributed by atoms with Crippen molar-refractivity contribution in [1.82, 2.24) is 0 Å². The summed E-state index contributed by atoms with van der Waals surface area (Å²) in [5, 5.41) is 2.67. The van der Waals surface area contributed by atoms with E-state index in [1.165, 1.54) is 36.4 Å². The molecule has 210 valence electrons. The van der Waals surface area contributed by atoms with Crippen molar-refractivity contribution < 1.29 is 28.7 Å². The minimum Gasteiger partial charge on any atom is -0.457 e. The van der Waals surface area contributed by atoms with Gasteiger partial charge >= 0.3 is 11.9 Å². The summed E-state index contributed by atoms with van der Waals surface area (Å²) in [5.41, 5.74) is 4.04. The van der Waals surface area contributed by atoms with E-state index < -0.39 is 23.8 Å². The lowest BCUT2D eigenvalue weighted by molar-refractivity contribution is -0.120. The number of benzene rings is 4. The zero-order valence-corrected chi connectivity index (χ0v) is 23.5. The maximum atomic E-state index is 13.1. The summed E-state index contributed by atoms with van der Waals surface area (Å²) in [6.45, 7) is 3.88. The van der Waals surface area contributed by atoms with Crippen LogP contribution in [0.2, 0.25) is 0 Å². The fourth-order valence-electron chi connectivity index (χ4n) is 4.27. The van der Waals surface area contributed by atoms with E-state index in [4.69, 9.17) is 21.1 Å². The first kappa shape index (κ1) is 28.3. The Morgan fingerprint density at radius 2 is 1.40 bits per heavy atom.